The van der Waals surface area contributed by atoms with E-state index in [1.54, 1.807) is 39.4 Å². The highest BCUT2D eigenvalue weighted by atomic mass is 79.9. The van der Waals surface area contributed by atoms with Crippen molar-refractivity contribution in [3.05, 3.63) is 58.5 Å². The highest BCUT2D eigenvalue weighted by Gasteiger charge is 2.21. The third-order valence-electron chi connectivity index (χ3n) is 4.46. The maximum Gasteiger partial charge on any atom is 0.357 e. The number of aromatic amines is 1. The van der Waals surface area contributed by atoms with Crippen molar-refractivity contribution >= 4 is 43.7 Å². The number of hydrogen-bond donors (Lipinski definition) is 1. The number of pyridine rings is 2. The molecule has 4 aromatic rings. The lowest BCUT2D eigenvalue weighted by molar-refractivity contribution is 0.0366. The molecule has 0 saturated carbocycles. The first-order chi connectivity index (χ1) is 14.5. The molecule has 0 aliphatic carbocycles. The predicted molar refractivity (Wildman–Crippen MR) is 117 cm³/mol. The zero-order valence-corrected chi connectivity index (χ0v) is 18.3. The molecular formula is C22H20BrN3O4. The molecule has 0 saturated heterocycles. The summed E-state index contributed by atoms with van der Waals surface area (Å²) in [5, 5.41) is 1.75. The van der Waals surface area contributed by atoms with E-state index in [1.807, 2.05) is 24.3 Å². The van der Waals surface area contributed by atoms with Crippen LogP contribution < -0.4 is 4.74 Å². The first kappa shape index (κ1) is 20.3. The van der Waals surface area contributed by atoms with E-state index in [1.165, 1.54) is 0 Å². The fraction of sp³-hybridized carbons (Fsp3) is 0.227. The van der Waals surface area contributed by atoms with E-state index in [0.717, 1.165) is 26.3 Å². The molecule has 0 aliphatic rings. The van der Waals surface area contributed by atoms with E-state index in [2.05, 4.69) is 30.9 Å². The zero-order valence-electron chi connectivity index (χ0n) is 16.7. The number of hydrogen-bond acceptors (Lipinski definition) is 6. The number of aromatic nitrogens is 3. The molecule has 0 aliphatic heterocycles. The molecule has 1 N–H and O–H groups in total. The minimum atomic E-state index is -0.472. The highest BCUT2D eigenvalue weighted by molar-refractivity contribution is 9.10. The Bertz CT molecular complexity index is 1220. The second-order valence-corrected chi connectivity index (χ2v) is 7.93. The molecule has 0 fully saturated rings. The molecule has 0 bridgehead atoms. The number of carbonyl (C=O) groups is 1. The molecule has 4 rings (SSSR count). The van der Waals surface area contributed by atoms with E-state index in [0.29, 0.717) is 17.2 Å². The number of H-pyrrole nitrogens is 1. The highest BCUT2D eigenvalue weighted by Crippen LogP contribution is 2.34. The fourth-order valence-electron chi connectivity index (χ4n) is 3.28. The van der Waals surface area contributed by atoms with E-state index >= 15 is 0 Å². The van der Waals surface area contributed by atoms with Gasteiger partial charge in [-0.05, 0) is 54.0 Å². The predicted octanol–water partition coefficient (Wildman–Crippen LogP) is 5.38. The van der Waals surface area contributed by atoms with Crippen LogP contribution in [0.5, 0.6) is 11.6 Å². The van der Waals surface area contributed by atoms with Crippen LogP contribution in [0.4, 0.5) is 0 Å². The molecule has 8 heteroatoms. The Morgan fingerprint density at radius 3 is 2.67 bits per heavy atom. The van der Waals surface area contributed by atoms with Gasteiger partial charge < -0.3 is 19.2 Å². The summed E-state index contributed by atoms with van der Waals surface area (Å²) in [6.07, 6.45) is 3.07. The SMILES string of the molecule is COCc1c(C(=O)OC(C)C)ncc2[nH]c3ccc(Oc4ccc(Br)cn4)cc3c12. The molecule has 154 valence electrons. The van der Waals surface area contributed by atoms with Crippen LogP contribution in [-0.2, 0) is 16.1 Å². The van der Waals surface area contributed by atoms with Gasteiger partial charge in [0.1, 0.15) is 5.75 Å². The van der Waals surface area contributed by atoms with E-state index in [-0.39, 0.29) is 18.4 Å². The van der Waals surface area contributed by atoms with Crippen molar-refractivity contribution in [2.24, 2.45) is 0 Å². The van der Waals surface area contributed by atoms with Crippen molar-refractivity contribution in [2.75, 3.05) is 7.11 Å². The summed E-state index contributed by atoms with van der Waals surface area (Å²) in [5.41, 5.74) is 2.62. The number of nitrogens with one attached hydrogen (secondary N) is 1. The van der Waals surface area contributed by atoms with E-state index in [9.17, 15) is 4.79 Å². The van der Waals surface area contributed by atoms with Gasteiger partial charge in [-0.15, -0.1) is 0 Å². The van der Waals surface area contributed by atoms with Crippen molar-refractivity contribution < 1.29 is 19.0 Å². The summed E-state index contributed by atoms with van der Waals surface area (Å²) in [5.74, 6) is 0.641. The van der Waals surface area contributed by atoms with Gasteiger partial charge in [0.05, 0.1) is 24.4 Å². The lowest BCUT2D eigenvalue weighted by Gasteiger charge is -2.12. The Morgan fingerprint density at radius 1 is 1.13 bits per heavy atom. The topological polar surface area (TPSA) is 86.3 Å². The molecule has 3 aromatic heterocycles. The third kappa shape index (κ3) is 4.01. The summed E-state index contributed by atoms with van der Waals surface area (Å²) in [6, 6.07) is 9.34. The molecule has 0 atom stereocenters. The second kappa shape index (κ2) is 8.41. The lowest BCUT2D eigenvalue weighted by Crippen LogP contribution is -2.15. The maximum atomic E-state index is 12.6. The van der Waals surface area contributed by atoms with Gasteiger partial charge in [-0.1, -0.05) is 0 Å². The van der Waals surface area contributed by atoms with Crippen molar-refractivity contribution in [1.82, 2.24) is 15.0 Å². The normalized spacial score (nSPS) is 11.4. The van der Waals surface area contributed by atoms with E-state index in [4.69, 9.17) is 14.2 Å². The number of fused-ring (bicyclic) bond motifs is 3. The van der Waals surface area contributed by atoms with Crippen LogP contribution >= 0.6 is 15.9 Å². The monoisotopic (exact) mass is 469 g/mol. The number of rotatable bonds is 6. The summed E-state index contributed by atoms with van der Waals surface area (Å²) in [7, 11) is 1.58. The fourth-order valence-corrected chi connectivity index (χ4v) is 3.51. The average Bonchev–Trinajstić information content (AvgIpc) is 3.08. The van der Waals surface area contributed by atoms with Gasteiger partial charge in [0, 0.05) is 45.7 Å². The number of benzene rings is 1. The Kier molecular flexibility index (Phi) is 5.69. The molecule has 3 heterocycles. The second-order valence-electron chi connectivity index (χ2n) is 7.01. The third-order valence-corrected chi connectivity index (χ3v) is 4.93. The van der Waals surface area contributed by atoms with Gasteiger partial charge in [0.25, 0.3) is 0 Å². The van der Waals surface area contributed by atoms with Gasteiger partial charge in [-0.2, -0.15) is 0 Å². The first-order valence-corrected chi connectivity index (χ1v) is 10.2. The number of nitrogens with zero attached hydrogens (tertiary/aromatic N) is 2. The van der Waals surface area contributed by atoms with Crippen LogP contribution in [0.2, 0.25) is 0 Å². The van der Waals surface area contributed by atoms with Crippen molar-refractivity contribution in [3.8, 4) is 11.6 Å². The number of methoxy groups -OCH3 is 1. The molecule has 0 spiro atoms. The minimum absolute atomic E-state index is 0.221. The van der Waals surface area contributed by atoms with Crippen LogP contribution in [-0.4, -0.2) is 34.1 Å². The quantitative estimate of drug-likeness (QED) is 0.381. The maximum absolute atomic E-state index is 12.6. The van der Waals surface area contributed by atoms with Gasteiger partial charge >= 0.3 is 5.97 Å². The zero-order chi connectivity index (χ0) is 21.3. The Hall–Kier alpha value is -2.97. The number of esters is 1. The van der Waals surface area contributed by atoms with Crippen LogP contribution in [0.3, 0.4) is 0 Å². The van der Waals surface area contributed by atoms with Gasteiger partial charge in [0.2, 0.25) is 5.88 Å². The Balaban J connectivity index is 1.84. The summed E-state index contributed by atoms with van der Waals surface area (Å²) >= 11 is 3.36. The van der Waals surface area contributed by atoms with Crippen LogP contribution in [0.1, 0.15) is 29.9 Å². The summed E-state index contributed by atoms with van der Waals surface area (Å²) in [4.78, 5) is 24.5. The minimum Gasteiger partial charge on any atom is -0.458 e. The molecule has 1 aromatic carbocycles. The van der Waals surface area contributed by atoms with Crippen molar-refractivity contribution in [3.63, 3.8) is 0 Å². The summed E-state index contributed by atoms with van der Waals surface area (Å²) < 4.78 is 17.5. The lowest BCUT2D eigenvalue weighted by atomic mass is 10.1. The number of ether oxygens (including phenoxy) is 3. The van der Waals surface area contributed by atoms with Crippen LogP contribution in [0, 0.1) is 0 Å². The molecule has 0 amide bonds. The van der Waals surface area contributed by atoms with Crippen LogP contribution in [0.25, 0.3) is 21.8 Å². The van der Waals surface area contributed by atoms with Crippen molar-refractivity contribution in [1.29, 1.82) is 0 Å². The van der Waals surface area contributed by atoms with Crippen molar-refractivity contribution in [2.45, 2.75) is 26.6 Å². The largest absolute Gasteiger partial charge is 0.458 e. The standard InChI is InChI=1S/C22H20BrN3O4/c1-12(2)29-22(27)21-16(11-28-3)20-15-8-14(30-19-7-4-13(23)9-24-19)5-6-17(15)26-18(20)10-25-21/h4-10,12,26H,11H2,1-3H3. The first-order valence-electron chi connectivity index (χ1n) is 9.39. The van der Waals surface area contributed by atoms with E-state index < -0.39 is 5.97 Å². The number of carbonyl (C=O) groups excluding carboxylic acids is 1. The van der Waals surface area contributed by atoms with Gasteiger partial charge in [0.15, 0.2) is 5.69 Å². The van der Waals surface area contributed by atoms with Gasteiger partial charge in [-0.25, -0.2) is 14.8 Å². The molecular weight excluding hydrogens is 450 g/mol. The Morgan fingerprint density at radius 2 is 1.97 bits per heavy atom. The molecule has 0 radical (unpaired) electrons. The van der Waals surface area contributed by atoms with Gasteiger partial charge in [-0.3, -0.25) is 0 Å². The molecule has 7 nitrogen and oxygen atoms in total. The number of halogens is 1. The van der Waals surface area contributed by atoms with Crippen LogP contribution in [0.15, 0.2) is 47.2 Å². The smallest absolute Gasteiger partial charge is 0.357 e. The average molecular weight is 470 g/mol. The molecule has 30 heavy (non-hydrogen) atoms. The summed E-state index contributed by atoms with van der Waals surface area (Å²) in [6.45, 7) is 3.83. The Labute approximate surface area is 181 Å². The molecule has 0 unspecified atom stereocenters.